The van der Waals surface area contributed by atoms with E-state index in [1.54, 1.807) is 16.7 Å². The lowest BCUT2D eigenvalue weighted by molar-refractivity contribution is 0.571. The number of rotatable bonds is 2. The van der Waals surface area contributed by atoms with E-state index < -0.39 is 0 Å². The third-order valence-electron chi connectivity index (χ3n) is 3.34. The van der Waals surface area contributed by atoms with Crippen molar-refractivity contribution in [2.75, 3.05) is 13.1 Å². The van der Waals surface area contributed by atoms with Crippen LogP contribution >= 0.6 is 15.9 Å². The molecule has 4 nitrogen and oxygen atoms in total. The Kier molecular flexibility index (Phi) is 3.18. The number of aromatic nitrogens is 2. The third-order valence-corrected chi connectivity index (χ3v) is 3.84. The molecule has 3 rings (SSSR count). The Bertz CT molecular complexity index is 632. The van der Waals surface area contributed by atoms with E-state index in [1.165, 1.54) is 6.42 Å². The maximum atomic E-state index is 12.0. The van der Waals surface area contributed by atoms with Crippen molar-refractivity contribution in [2.45, 2.75) is 12.8 Å². The number of halogens is 1. The number of hydrogen-bond acceptors (Lipinski definition) is 3. The molecule has 0 spiro atoms. The van der Waals surface area contributed by atoms with Crippen molar-refractivity contribution in [1.82, 2.24) is 14.7 Å². The van der Waals surface area contributed by atoms with Crippen LogP contribution in [0.2, 0.25) is 0 Å². The molecule has 18 heavy (non-hydrogen) atoms. The zero-order chi connectivity index (χ0) is 12.5. The summed E-state index contributed by atoms with van der Waals surface area (Å²) < 4.78 is 2.51. The van der Waals surface area contributed by atoms with Crippen molar-refractivity contribution in [1.29, 1.82) is 0 Å². The number of hydrogen-bond donors (Lipinski definition) is 1. The molecular formula is C13H14BrN3O. The molecule has 0 bridgehead atoms. The molecule has 1 fully saturated rings. The first-order chi connectivity index (χ1) is 8.72. The van der Waals surface area contributed by atoms with Crippen molar-refractivity contribution in [3.8, 4) is 0 Å². The van der Waals surface area contributed by atoms with Crippen molar-refractivity contribution in [2.24, 2.45) is 5.92 Å². The van der Waals surface area contributed by atoms with Crippen molar-refractivity contribution in [3.63, 3.8) is 0 Å². The van der Waals surface area contributed by atoms with Gasteiger partial charge in [-0.15, -0.1) is 0 Å². The van der Waals surface area contributed by atoms with Gasteiger partial charge in [-0.2, -0.15) is 0 Å². The first-order valence-electron chi connectivity index (χ1n) is 6.11. The zero-order valence-electron chi connectivity index (χ0n) is 9.90. The van der Waals surface area contributed by atoms with Gasteiger partial charge in [-0.1, -0.05) is 15.9 Å². The van der Waals surface area contributed by atoms with Gasteiger partial charge in [-0.25, -0.2) is 4.98 Å². The normalized spacial score (nSPS) is 19.5. The molecule has 1 aliphatic heterocycles. The second kappa shape index (κ2) is 4.82. The van der Waals surface area contributed by atoms with Gasteiger partial charge < -0.3 is 5.32 Å². The summed E-state index contributed by atoms with van der Waals surface area (Å²) in [5.74, 6) is 0.603. The Morgan fingerprint density at radius 3 is 3.17 bits per heavy atom. The molecule has 3 heterocycles. The molecule has 5 heteroatoms. The monoisotopic (exact) mass is 307 g/mol. The Morgan fingerprint density at radius 1 is 1.50 bits per heavy atom. The highest BCUT2D eigenvalue weighted by Crippen LogP contribution is 2.15. The first-order valence-corrected chi connectivity index (χ1v) is 6.90. The highest BCUT2D eigenvalue weighted by atomic mass is 79.9. The van der Waals surface area contributed by atoms with E-state index >= 15 is 0 Å². The van der Waals surface area contributed by atoms with E-state index in [0.717, 1.165) is 29.7 Å². The fraction of sp³-hybridized carbons (Fsp3) is 0.385. The van der Waals surface area contributed by atoms with E-state index in [0.29, 0.717) is 11.6 Å². The number of fused-ring (bicyclic) bond motifs is 1. The topological polar surface area (TPSA) is 46.4 Å². The van der Waals surface area contributed by atoms with Crippen molar-refractivity contribution < 1.29 is 0 Å². The predicted molar refractivity (Wildman–Crippen MR) is 73.8 cm³/mol. The Hall–Kier alpha value is -1.20. The molecule has 1 N–H and O–H groups in total. The average molecular weight is 308 g/mol. The summed E-state index contributed by atoms with van der Waals surface area (Å²) in [5, 5.41) is 3.33. The lowest BCUT2D eigenvalue weighted by Crippen LogP contribution is -2.17. The van der Waals surface area contributed by atoms with Gasteiger partial charge in [-0.05, 0) is 44.0 Å². The van der Waals surface area contributed by atoms with Crippen molar-refractivity contribution in [3.05, 3.63) is 44.9 Å². The second-order valence-electron chi connectivity index (χ2n) is 4.72. The molecule has 2 aromatic rings. The average Bonchev–Trinajstić information content (AvgIpc) is 2.81. The lowest BCUT2D eigenvalue weighted by atomic mass is 10.0. The van der Waals surface area contributed by atoms with E-state index in [9.17, 15) is 4.79 Å². The lowest BCUT2D eigenvalue weighted by Gasteiger charge is -2.08. The van der Waals surface area contributed by atoms with Crippen LogP contribution < -0.4 is 10.9 Å². The van der Waals surface area contributed by atoms with Crippen LogP contribution in [0.5, 0.6) is 0 Å². The Balaban J connectivity index is 2.00. The van der Waals surface area contributed by atoms with Gasteiger partial charge in [0.25, 0.3) is 5.56 Å². The van der Waals surface area contributed by atoms with E-state index in [2.05, 4.69) is 26.2 Å². The molecule has 1 atom stereocenters. The molecule has 1 saturated heterocycles. The van der Waals surface area contributed by atoms with Crippen LogP contribution in [0.4, 0.5) is 0 Å². The van der Waals surface area contributed by atoms with E-state index in [-0.39, 0.29) is 5.56 Å². The minimum Gasteiger partial charge on any atom is -0.316 e. The molecule has 1 aliphatic rings. The highest BCUT2D eigenvalue weighted by Gasteiger charge is 2.16. The van der Waals surface area contributed by atoms with Crippen LogP contribution in [-0.2, 0) is 6.42 Å². The summed E-state index contributed by atoms with van der Waals surface area (Å²) in [5.41, 5.74) is 1.60. The number of pyridine rings is 1. The summed E-state index contributed by atoms with van der Waals surface area (Å²) >= 11 is 3.40. The summed E-state index contributed by atoms with van der Waals surface area (Å²) in [4.78, 5) is 16.5. The van der Waals surface area contributed by atoms with E-state index in [4.69, 9.17) is 0 Å². The minimum atomic E-state index is -0.00606. The van der Waals surface area contributed by atoms with Crippen LogP contribution in [0.1, 0.15) is 12.1 Å². The summed E-state index contributed by atoms with van der Waals surface area (Å²) in [6.07, 6.45) is 3.79. The van der Waals surface area contributed by atoms with Crippen LogP contribution in [0.25, 0.3) is 5.65 Å². The predicted octanol–water partition coefficient (Wildman–Crippen LogP) is 1.61. The van der Waals surface area contributed by atoms with Gasteiger partial charge >= 0.3 is 0 Å². The molecule has 0 radical (unpaired) electrons. The minimum absolute atomic E-state index is 0.00606. The summed E-state index contributed by atoms with van der Waals surface area (Å²) in [6.45, 7) is 2.10. The highest BCUT2D eigenvalue weighted by molar-refractivity contribution is 9.10. The SMILES string of the molecule is O=c1cc(CC2CCNC2)nc2cc(Br)ccn12. The largest absolute Gasteiger partial charge is 0.316 e. The van der Waals surface area contributed by atoms with Gasteiger partial charge in [0.2, 0.25) is 0 Å². The molecule has 2 aromatic heterocycles. The molecule has 1 unspecified atom stereocenters. The van der Waals surface area contributed by atoms with Crippen molar-refractivity contribution >= 4 is 21.6 Å². The third kappa shape index (κ3) is 2.33. The maximum Gasteiger partial charge on any atom is 0.258 e. The molecular weight excluding hydrogens is 294 g/mol. The molecule has 0 saturated carbocycles. The van der Waals surface area contributed by atoms with Gasteiger partial charge in [0.1, 0.15) is 5.65 Å². The Labute approximate surface area is 113 Å². The van der Waals surface area contributed by atoms with Gasteiger partial charge in [0.15, 0.2) is 0 Å². The van der Waals surface area contributed by atoms with Gasteiger partial charge in [0, 0.05) is 22.4 Å². The van der Waals surface area contributed by atoms with E-state index in [1.807, 2.05) is 12.1 Å². The first kappa shape index (κ1) is 11.9. The van der Waals surface area contributed by atoms with Crippen LogP contribution in [-0.4, -0.2) is 22.5 Å². The molecule has 0 amide bonds. The van der Waals surface area contributed by atoms with Crippen LogP contribution in [0.3, 0.4) is 0 Å². The van der Waals surface area contributed by atoms with Gasteiger partial charge in [0.05, 0.1) is 0 Å². The smallest absolute Gasteiger partial charge is 0.258 e. The zero-order valence-corrected chi connectivity index (χ0v) is 11.5. The molecule has 94 valence electrons. The second-order valence-corrected chi connectivity index (χ2v) is 5.64. The summed E-state index contributed by atoms with van der Waals surface area (Å²) in [6, 6.07) is 5.37. The quantitative estimate of drug-likeness (QED) is 0.917. The molecule has 0 aliphatic carbocycles. The fourth-order valence-corrected chi connectivity index (χ4v) is 2.74. The van der Waals surface area contributed by atoms with Crippen LogP contribution in [0.15, 0.2) is 33.7 Å². The van der Waals surface area contributed by atoms with Crippen LogP contribution in [0, 0.1) is 5.92 Å². The number of nitrogens with one attached hydrogen (secondary N) is 1. The number of nitrogens with zero attached hydrogens (tertiary/aromatic N) is 2. The van der Waals surface area contributed by atoms with Gasteiger partial charge in [-0.3, -0.25) is 9.20 Å². The Morgan fingerprint density at radius 2 is 2.39 bits per heavy atom. The standard InChI is InChI=1S/C13H14BrN3O/c14-10-2-4-17-12(6-10)16-11(7-13(17)18)5-9-1-3-15-8-9/h2,4,6-7,9,15H,1,3,5,8H2. The summed E-state index contributed by atoms with van der Waals surface area (Å²) in [7, 11) is 0. The maximum absolute atomic E-state index is 12.0. The molecule has 0 aromatic carbocycles. The fourth-order valence-electron chi connectivity index (χ4n) is 2.42.